The number of benzene rings is 2. The van der Waals surface area contributed by atoms with E-state index in [0.29, 0.717) is 17.5 Å². The fourth-order valence-corrected chi connectivity index (χ4v) is 13.2. The summed E-state index contributed by atoms with van der Waals surface area (Å²) in [6.45, 7) is 16.0. The van der Waals surface area contributed by atoms with E-state index < -0.39 is 204 Å². The maximum Gasteiger partial charge on any atom is 0.305 e. The van der Waals surface area contributed by atoms with Gasteiger partial charge in [-0.15, -0.1) is 11.8 Å². The van der Waals surface area contributed by atoms with E-state index >= 15 is 4.79 Å². The first-order valence-electron chi connectivity index (χ1n) is 37.6. The molecule has 2 aromatic rings. The average Bonchev–Trinajstić information content (AvgIpc) is 1.76. The SMILES string of the molecule is CCC(C)C1NC(=O)C(CC(C)C)NC(=O)C(Cc2ccccc2)NC(=O)CSCC(C(=O)NCC(N)=O)NC(=O)C2CCCN2C(=O)C(Cc2ccccc2)NC(=O)C(C(C)C)NC(=O)C(CCCN=C(N)N)NC(=O)C(CC(=O)O)NC(=O)C(CCCN=C(N)N)NC(=O)C(C(C)CC)NC(=O)C(C(C)C)NC1=O. The van der Waals surface area contributed by atoms with Crippen molar-refractivity contribution >= 4 is 112 Å². The minimum absolute atomic E-state index is 0.00181. The predicted octanol–water partition coefficient (Wildman–Crippen LogP) is -2.82. The topological polar surface area (TPSA) is 579 Å². The van der Waals surface area contributed by atoms with E-state index in [1.165, 1.54) is 4.90 Å². The van der Waals surface area contributed by atoms with E-state index in [-0.39, 0.29) is 107 Å². The molecular formula is C74H116N20O16S. The van der Waals surface area contributed by atoms with E-state index in [4.69, 9.17) is 28.7 Å². The van der Waals surface area contributed by atoms with Crippen molar-refractivity contribution in [1.82, 2.24) is 68.7 Å². The molecule has 36 nitrogen and oxygen atoms in total. The third kappa shape index (κ3) is 31.7. The van der Waals surface area contributed by atoms with Crippen LogP contribution in [0.15, 0.2) is 70.6 Å². The van der Waals surface area contributed by atoms with Gasteiger partial charge in [-0.05, 0) is 85.7 Å². The molecule has 0 aliphatic carbocycles. The van der Waals surface area contributed by atoms with Crippen molar-refractivity contribution in [3.05, 3.63) is 71.8 Å². The lowest BCUT2D eigenvalue weighted by Crippen LogP contribution is -2.62. The first kappa shape index (κ1) is 92.8. The van der Waals surface area contributed by atoms with Crippen molar-refractivity contribution in [3.63, 3.8) is 0 Å². The molecule has 2 aliphatic heterocycles. The molecule has 0 aromatic heterocycles. The summed E-state index contributed by atoms with van der Waals surface area (Å²) >= 11 is 0.863. The molecule has 111 heavy (non-hydrogen) atoms. The van der Waals surface area contributed by atoms with E-state index in [0.717, 1.165) is 11.8 Å². The van der Waals surface area contributed by atoms with Crippen molar-refractivity contribution in [2.75, 3.05) is 37.7 Å². The predicted molar refractivity (Wildman–Crippen MR) is 416 cm³/mol. The summed E-state index contributed by atoms with van der Waals surface area (Å²) in [6.07, 6.45) is -0.890. The molecule has 2 saturated heterocycles. The Morgan fingerprint density at radius 2 is 0.928 bits per heavy atom. The zero-order valence-corrected chi connectivity index (χ0v) is 65.8. The number of thioether (sulfide) groups is 1. The Bertz CT molecular complexity index is 3580. The zero-order chi connectivity index (χ0) is 82.8. The summed E-state index contributed by atoms with van der Waals surface area (Å²) in [7, 11) is 0. The summed E-state index contributed by atoms with van der Waals surface area (Å²) in [6, 6.07) is -0.526. The van der Waals surface area contributed by atoms with Crippen LogP contribution >= 0.6 is 11.8 Å². The minimum atomic E-state index is -1.98. The van der Waals surface area contributed by atoms with Gasteiger partial charge in [0.15, 0.2) is 11.9 Å². The van der Waals surface area contributed by atoms with Crippen LogP contribution in [0.4, 0.5) is 0 Å². The molecule has 0 spiro atoms. The highest BCUT2D eigenvalue weighted by atomic mass is 32.2. The standard InChI is InChI=1S/C74H116N20O16S/c1-11-42(9)59-70(108)85-46(26-19-29-80-73(76)77)62(100)87-50(35-56(97)98)65(103)84-47(27-20-30-81-74(78)79)63(101)90-57(40(5)6)68(106)88-51(34-45-24-17-14-18-25-45)72(110)94-31-21-28-53(94)67(105)89-52(61(99)82-36-54(75)95)37-111-38-55(96)83-49(33-44-22-15-13-16-23-44)64(102)86-48(32-39(3)4)66(104)92-60(43(10)12-2)71(109)91-58(41(7)8)69(107)93-59/h13-18,22-25,39-43,46-53,57-60H,11-12,19-21,26-38H2,1-10H3,(H2,75,95)(H,82,99)(H,83,96)(H,84,103)(H,85,108)(H,86,102)(H,87,100)(H,88,106)(H,89,105)(H,90,101)(H,91,109)(H,92,104)(H,93,107)(H,97,98)(H4,76,77,80)(H4,78,79,81). The van der Waals surface area contributed by atoms with Crippen molar-refractivity contribution in [2.24, 2.45) is 68.2 Å². The number of hydrogen-bond donors (Lipinski definition) is 18. The van der Waals surface area contributed by atoms with Gasteiger partial charge in [-0.2, -0.15) is 0 Å². The molecule has 0 bridgehead atoms. The van der Waals surface area contributed by atoms with Crippen LogP contribution < -0.4 is 92.5 Å². The fourth-order valence-electron chi connectivity index (χ4n) is 12.3. The van der Waals surface area contributed by atoms with Gasteiger partial charge in [-0.1, -0.05) is 143 Å². The fraction of sp³-hybridized carbons (Fsp3) is 0.608. The number of guanidine groups is 2. The highest BCUT2D eigenvalue weighted by molar-refractivity contribution is 8.00. The Morgan fingerprint density at radius 1 is 0.514 bits per heavy atom. The summed E-state index contributed by atoms with van der Waals surface area (Å²) < 4.78 is 0. The highest BCUT2D eigenvalue weighted by Crippen LogP contribution is 2.23. The van der Waals surface area contributed by atoms with Crippen molar-refractivity contribution < 1.29 is 77.0 Å². The molecule has 2 aromatic carbocycles. The van der Waals surface area contributed by atoms with Crippen LogP contribution in [0.25, 0.3) is 0 Å². The van der Waals surface area contributed by atoms with Crippen LogP contribution in [0.2, 0.25) is 0 Å². The number of nitrogens with zero attached hydrogens (tertiary/aromatic N) is 3. The van der Waals surface area contributed by atoms with Crippen LogP contribution in [0.1, 0.15) is 145 Å². The van der Waals surface area contributed by atoms with Gasteiger partial charge in [0.1, 0.15) is 72.5 Å². The average molecular weight is 1570 g/mol. The lowest BCUT2D eigenvalue weighted by molar-refractivity contribution is -0.142. The van der Waals surface area contributed by atoms with Gasteiger partial charge in [0.25, 0.3) is 0 Å². The van der Waals surface area contributed by atoms with Crippen molar-refractivity contribution in [3.8, 4) is 0 Å². The van der Waals surface area contributed by atoms with Gasteiger partial charge in [0, 0.05) is 38.2 Å². The molecule has 14 atom stereocenters. The maximum atomic E-state index is 15.1. The lowest BCUT2D eigenvalue weighted by atomic mass is 9.94. The number of aliphatic imine (C=N–C) groups is 2. The summed E-state index contributed by atoms with van der Waals surface area (Å²) in [4.78, 5) is 224. The van der Waals surface area contributed by atoms with Crippen molar-refractivity contribution in [1.29, 1.82) is 0 Å². The molecule has 14 unspecified atom stereocenters. The Labute approximate surface area is 651 Å². The number of fused-ring (bicyclic) bond motifs is 1. The second-order valence-electron chi connectivity index (χ2n) is 29.1. The Morgan fingerprint density at radius 3 is 1.42 bits per heavy atom. The summed E-state index contributed by atoms with van der Waals surface area (Å²) in [5.41, 5.74) is 29.0. The molecule has 14 amide bonds. The van der Waals surface area contributed by atoms with Crippen LogP contribution in [-0.2, 0) is 84.8 Å². The maximum absolute atomic E-state index is 15.1. The molecular weight excluding hydrogens is 1460 g/mol. The second kappa shape index (κ2) is 46.8. The Balaban J connectivity index is 1.92. The van der Waals surface area contributed by atoms with Crippen LogP contribution in [0.3, 0.4) is 0 Å². The lowest BCUT2D eigenvalue weighted by Gasteiger charge is -2.32. The molecule has 0 saturated carbocycles. The smallest absolute Gasteiger partial charge is 0.305 e. The number of aliphatic carboxylic acids is 1. The van der Waals surface area contributed by atoms with Gasteiger partial charge in [0.05, 0.1) is 18.7 Å². The number of nitrogens with two attached hydrogens (primary N) is 5. The second-order valence-corrected chi connectivity index (χ2v) is 30.1. The van der Waals surface area contributed by atoms with E-state index in [2.05, 4.69) is 73.8 Å². The third-order valence-corrected chi connectivity index (χ3v) is 19.9. The summed E-state index contributed by atoms with van der Waals surface area (Å²) in [5.74, 6) is -18.4. The third-order valence-electron chi connectivity index (χ3n) is 18.8. The number of amides is 14. The Hall–Kier alpha value is -10.6. The van der Waals surface area contributed by atoms with Gasteiger partial charge < -0.3 is 102 Å². The summed E-state index contributed by atoms with van der Waals surface area (Å²) in [5, 5.41) is 42.1. The molecule has 2 aliphatic rings. The molecule has 614 valence electrons. The number of carbonyl (C=O) groups excluding carboxylic acids is 14. The molecule has 4 rings (SSSR count). The Kier molecular flexibility index (Phi) is 39.1. The van der Waals surface area contributed by atoms with Gasteiger partial charge in [0.2, 0.25) is 82.7 Å². The monoisotopic (exact) mass is 1570 g/mol. The van der Waals surface area contributed by atoms with Crippen LogP contribution in [0.5, 0.6) is 0 Å². The quantitative estimate of drug-likeness (QED) is 0.0271. The van der Waals surface area contributed by atoms with Gasteiger partial charge in [-0.25, -0.2) is 0 Å². The van der Waals surface area contributed by atoms with Crippen LogP contribution in [0, 0.1) is 29.6 Å². The highest BCUT2D eigenvalue weighted by Gasteiger charge is 2.43. The number of carbonyl (C=O) groups is 15. The van der Waals surface area contributed by atoms with E-state index in [1.54, 1.807) is 130 Å². The van der Waals surface area contributed by atoms with Gasteiger partial charge in [-0.3, -0.25) is 81.9 Å². The first-order chi connectivity index (χ1) is 52.4. The molecule has 2 heterocycles. The molecule has 2 fully saturated rings. The largest absolute Gasteiger partial charge is 0.481 e. The van der Waals surface area contributed by atoms with E-state index in [9.17, 15) is 72.2 Å². The molecule has 37 heteroatoms. The van der Waals surface area contributed by atoms with Crippen LogP contribution in [-0.4, -0.2) is 221 Å². The zero-order valence-electron chi connectivity index (χ0n) is 65.0. The first-order valence-corrected chi connectivity index (χ1v) is 38.8. The van der Waals surface area contributed by atoms with Gasteiger partial charge >= 0.3 is 5.97 Å². The number of hydrogen-bond acceptors (Lipinski definition) is 18. The minimum Gasteiger partial charge on any atom is -0.481 e. The molecule has 0 radical (unpaired) electrons. The number of carboxylic acid groups (broad SMARTS) is 1. The number of rotatable bonds is 25. The molecule has 23 N–H and O–H groups in total. The number of carboxylic acids is 1. The normalized spacial score (nSPS) is 24.6. The number of primary amides is 1. The van der Waals surface area contributed by atoms with E-state index in [1.807, 2.05) is 0 Å². The number of nitrogens with one attached hydrogen (secondary N) is 12. The van der Waals surface area contributed by atoms with Crippen molar-refractivity contribution in [2.45, 2.75) is 219 Å².